The van der Waals surface area contributed by atoms with Crippen molar-refractivity contribution in [2.24, 2.45) is 5.73 Å². The molecule has 1 aliphatic heterocycles. The fourth-order valence-corrected chi connectivity index (χ4v) is 4.69. The first-order chi connectivity index (χ1) is 16.4. The third-order valence-electron chi connectivity index (χ3n) is 4.81. The van der Waals surface area contributed by atoms with Crippen molar-refractivity contribution in [3.63, 3.8) is 0 Å². The van der Waals surface area contributed by atoms with Crippen molar-refractivity contribution >= 4 is 71.9 Å². The molecule has 2 N–H and O–H groups in total. The second-order valence-corrected chi connectivity index (χ2v) is 15.7. The van der Waals surface area contributed by atoms with Crippen molar-refractivity contribution in [3.8, 4) is 0 Å². The minimum absolute atomic E-state index is 0.0263. The Morgan fingerprint density at radius 2 is 1.89 bits per heavy atom. The number of carbonyl (C=O) groups excluding carboxylic acids is 4. The molecule has 0 bridgehead atoms. The number of fused-ring (bicyclic) bond motifs is 1. The summed E-state index contributed by atoms with van der Waals surface area (Å²) in [6.45, 7) is 6.64. The second kappa shape index (κ2) is 10.5. The highest BCUT2D eigenvalue weighted by atomic mass is 35.5. The molecule has 0 atom stereocenters. The number of rotatable bonds is 7. The molecule has 0 fully saturated rings. The van der Waals surface area contributed by atoms with Gasteiger partial charge in [0.1, 0.15) is 5.82 Å². The van der Waals surface area contributed by atoms with Crippen molar-refractivity contribution in [2.45, 2.75) is 25.7 Å². The van der Waals surface area contributed by atoms with Gasteiger partial charge in [0.15, 0.2) is 5.76 Å². The van der Waals surface area contributed by atoms with Gasteiger partial charge in [0.25, 0.3) is 5.91 Å². The minimum atomic E-state index is -1.40. The predicted molar refractivity (Wildman–Crippen MR) is 134 cm³/mol. The Labute approximate surface area is 210 Å². The van der Waals surface area contributed by atoms with Gasteiger partial charge in [-0.3, -0.25) is 4.79 Å². The van der Waals surface area contributed by atoms with Gasteiger partial charge < -0.3 is 15.2 Å². The monoisotopic (exact) mass is 536 g/mol. The van der Waals surface area contributed by atoms with E-state index in [0.717, 1.165) is 41.7 Å². The molecule has 3 rings (SSSR count). The molecule has 0 saturated heterocycles. The van der Waals surface area contributed by atoms with Crippen LogP contribution in [0.5, 0.6) is 0 Å². The van der Waals surface area contributed by atoms with Crippen LogP contribution in [0.1, 0.15) is 10.4 Å². The van der Waals surface area contributed by atoms with E-state index < -0.39 is 37.8 Å². The molecule has 1 aromatic heterocycles. The van der Waals surface area contributed by atoms with Crippen LogP contribution in [0.4, 0.5) is 14.9 Å². The number of anilines is 1. The van der Waals surface area contributed by atoms with E-state index in [1.165, 1.54) is 0 Å². The van der Waals surface area contributed by atoms with Crippen molar-refractivity contribution in [2.75, 3.05) is 11.5 Å². The summed E-state index contributed by atoms with van der Waals surface area (Å²) in [5.41, 5.74) is 5.04. The maximum absolute atomic E-state index is 14.3. The number of primary amides is 1. The highest BCUT2D eigenvalue weighted by molar-refractivity contribution is 7.11. The van der Waals surface area contributed by atoms with Gasteiger partial charge in [-0.05, 0) is 29.6 Å². The largest absolute Gasteiger partial charge is 0.463 e. The zero-order valence-electron chi connectivity index (χ0n) is 19.1. The summed E-state index contributed by atoms with van der Waals surface area (Å²) in [7, 11) is -1.40. The van der Waals surface area contributed by atoms with Crippen LogP contribution in [-0.4, -0.2) is 38.6 Å². The van der Waals surface area contributed by atoms with Crippen LogP contribution >= 0.6 is 22.9 Å². The molecule has 12 heteroatoms. The van der Waals surface area contributed by atoms with Crippen LogP contribution in [0.15, 0.2) is 41.8 Å². The molecule has 35 heavy (non-hydrogen) atoms. The summed E-state index contributed by atoms with van der Waals surface area (Å²) in [5, 5.41) is 1.35. The Bertz CT molecular complexity index is 1250. The van der Waals surface area contributed by atoms with Gasteiger partial charge in [0.05, 0.1) is 27.8 Å². The van der Waals surface area contributed by atoms with Crippen LogP contribution in [0.3, 0.4) is 0 Å². The van der Waals surface area contributed by atoms with Gasteiger partial charge in [0, 0.05) is 25.8 Å². The van der Waals surface area contributed by atoms with Crippen LogP contribution in [0.2, 0.25) is 30.7 Å². The molecule has 0 spiro atoms. The Balaban J connectivity index is 1.95. The highest BCUT2D eigenvalue weighted by Gasteiger charge is 2.40. The van der Waals surface area contributed by atoms with Crippen molar-refractivity contribution in [3.05, 3.63) is 63.1 Å². The average molecular weight is 537 g/mol. The number of nitrogens with two attached hydrogens (primary N) is 1. The SMILES string of the molecule is C[Si](C)(C)CCOC(=O)/C=C/C(=O)O/C(=C1/C(=O)N(C(N)=O)c2cc(Cl)c(F)cc21)c1cccs1. The number of thiophene rings is 1. The van der Waals surface area contributed by atoms with E-state index in [0.29, 0.717) is 9.78 Å². The van der Waals surface area contributed by atoms with Crippen LogP contribution in [0, 0.1) is 5.82 Å². The molecular weight excluding hydrogens is 515 g/mol. The lowest BCUT2D eigenvalue weighted by molar-refractivity contribution is -0.138. The van der Waals surface area contributed by atoms with Gasteiger partial charge in [-0.25, -0.2) is 23.7 Å². The lowest BCUT2D eigenvalue weighted by Crippen LogP contribution is -2.38. The maximum atomic E-state index is 14.3. The summed E-state index contributed by atoms with van der Waals surface area (Å²) in [5.74, 6) is -3.69. The van der Waals surface area contributed by atoms with Gasteiger partial charge >= 0.3 is 18.0 Å². The number of imide groups is 1. The number of amides is 3. The van der Waals surface area contributed by atoms with E-state index in [-0.39, 0.29) is 34.2 Å². The number of benzene rings is 1. The molecular formula is C23H22ClFN2O6SSi. The fourth-order valence-electron chi connectivity index (χ4n) is 3.11. The fraction of sp³-hybridized carbons (Fsp3) is 0.217. The van der Waals surface area contributed by atoms with Gasteiger partial charge in [0.2, 0.25) is 0 Å². The molecule has 184 valence electrons. The van der Waals surface area contributed by atoms with Gasteiger partial charge in [-0.15, -0.1) is 11.3 Å². The third-order valence-corrected chi connectivity index (χ3v) is 7.68. The summed E-state index contributed by atoms with van der Waals surface area (Å²) in [6.07, 6.45) is 1.78. The topological polar surface area (TPSA) is 116 Å². The van der Waals surface area contributed by atoms with E-state index in [2.05, 4.69) is 19.6 Å². The third kappa shape index (κ3) is 6.24. The van der Waals surface area contributed by atoms with Gasteiger partial charge in [-0.1, -0.05) is 37.3 Å². The average Bonchev–Trinajstić information content (AvgIpc) is 3.37. The summed E-state index contributed by atoms with van der Waals surface area (Å²) in [6, 6.07) is 4.92. The molecule has 2 aromatic rings. The van der Waals surface area contributed by atoms with E-state index in [4.69, 9.17) is 26.8 Å². The van der Waals surface area contributed by atoms with Crippen LogP contribution in [-0.2, 0) is 23.9 Å². The van der Waals surface area contributed by atoms with Crippen molar-refractivity contribution in [1.29, 1.82) is 0 Å². The normalized spacial score (nSPS) is 14.8. The van der Waals surface area contributed by atoms with E-state index in [9.17, 15) is 23.6 Å². The van der Waals surface area contributed by atoms with Crippen LogP contribution in [0.25, 0.3) is 11.3 Å². The number of halogens is 2. The van der Waals surface area contributed by atoms with E-state index >= 15 is 0 Å². The Morgan fingerprint density at radius 3 is 2.49 bits per heavy atom. The number of esters is 2. The first kappa shape index (κ1) is 26.3. The lowest BCUT2D eigenvalue weighted by Gasteiger charge is -2.14. The second-order valence-electron chi connectivity index (χ2n) is 8.68. The first-order valence-electron chi connectivity index (χ1n) is 10.4. The predicted octanol–water partition coefficient (Wildman–Crippen LogP) is 4.82. The number of urea groups is 1. The van der Waals surface area contributed by atoms with Gasteiger partial charge in [-0.2, -0.15) is 0 Å². The minimum Gasteiger partial charge on any atom is -0.463 e. The smallest absolute Gasteiger partial charge is 0.336 e. The highest BCUT2D eigenvalue weighted by Crippen LogP contribution is 2.44. The zero-order valence-corrected chi connectivity index (χ0v) is 21.7. The molecule has 1 aliphatic rings. The molecule has 0 radical (unpaired) electrons. The summed E-state index contributed by atoms with van der Waals surface area (Å²) >= 11 is 6.98. The summed E-state index contributed by atoms with van der Waals surface area (Å²) < 4.78 is 24.8. The number of nitrogens with zero attached hydrogens (tertiary/aromatic N) is 1. The molecule has 2 heterocycles. The Morgan fingerprint density at radius 1 is 1.20 bits per heavy atom. The number of hydrogen-bond donors (Lipinski definition) is 1. The maximum Gasteiger partial charge on any atom is 0.336 e. The van der Waals surface area contributed by atoms with Crippen LogP contribution < -0.4 is 10.6 Å². The van der Waals surface area contributed by atoms with E-state index in [1.807, 2.05) is 0 Å². The number of carbonyl (C=O) groups is 4. The quantitative estimate of drug-likeness (QED) is 0.235. The molecule has 0 saturated carbocycles. The van der Waals surface area contributed by atoms with E-state index in [1.54, 1.807) is 17.5 Å². The summed E-state index contributed by atoms with van der Waals surface area (Å²) in [4.78, 5) is 50.6. The molecule has 0 aliphatic carbocycles. The molecule has 3 amide bonds. The Kier molecular flexibility index (Phi) is 7.93. The Hall–Kier alpha value is -3.28. The molecule has 8 nitrogen and oxygen atoms in total. The lowest BCUT2D eigenvalue weighted by atomic mass is 10.0. The molecule has 0 unspecified atom stereocenters. The van der Waals surface area contributed by atoms with Crippen molar-refractivity contribution < 1.29 is 33.0 Å². The van der Waals surface area contributed by atoms with Crippen molar-refractivity contribution in [1.82, 2.24) is 0 Å². The number of ether oxygens (including phenoxy) is 2. The molecule has 1 aromatic carbocycles. The zero-order chi connectivity index (χ0) is 25.9. The number of hydrogen-bond acceptors (Lipinski definition) is 7. The first-order valence-corrected chi connectivity index (χ1v) is 15.3. The standard InChI is InChI=1S/C23H22ClFN2O6SSi/c1-35(2,3)10-8-32-18(28)6-7-19(29)33-21(17-5-4-9-34-17)20-13-11-15(25)14(24)12-16(13)27(22(20)30)23(26)31/h4-7,9,11-12H,8,10H2,1-3H3,(H2,26,31)/b7-6+,21-20+.